The van der Waals surface area contributed by atoms with Crippen molar-refractivity contribution in [1.29, 1.82) is 0 Å². The number of piperazine rings is 1. The number of aryl methyl sites for hydroxylation is 2. The highest BCUT2D eigenvalue weighted by molar-refractivity contribution is 14.0. The molecule has 7 heteroatoms. The molecule has 0 radical (unpaired) electrons. The van der Waals surface area contributed by atoms with Crippen LogP contribution in [0.1, 0.15) is 34.2 Å². The van der Waals surface area contributed by atoms with Crippen molar-refractivity contribution in [2.24, 2.45) is 4.99 Å². The first-order chi connectivity index (χ1) is 13.6. The van der Waals surface area contributed by atoms with Gasteiger partial charge in [-0.05, 0) is 50.5 Å². The Morgan fingerprint density at radius 1 is 1.14 bits per heavy atom. The van der Waals surface area contributed by atoms with E-state index in [-0.39, 0.29) is 29.9 Å². The molecule has 0 aliphatic carbocycles. The van der Waals surface area contributed by atoms with E-state index in [1.165, 1.54) is 23.0 Å². The lowest BCUT2D eigenvalue weighted by molar-refractivity contribution is 0.0657. The number of guanidine groups is 1. The summed E-state index contributed by atoms with van der Waals surface area (Å²) >= 11 is 0. The zero-order valence-electron chi connectivity index (χ0n) is 17.5. The van der Waals surface area contributed by atoms with Gasteiger partial charge < -0.3 is 19.5 Å². The molecular formula is C22H31IN4O2. The Morgan fingerprint density at radius 2 is 1.86 bits per heavy atom. The summed E-state index contributed by atoms with van der Waals surface area (Å²) in [6.45, 7) is 10.8. The van der Waals surface area contributed by atoms with Crippen molar-refractivity contribution in [3.8, 4) is 0 Å². The van der Waals surface area contributed by atoms with Crippen LogP contribution in [-0.4, -0.2) is 60.9 Å². The largest absolute Gasteiger partial charge is 0.459 e. The number of benzene rings is 1. The Labute approximate surface area is 190 Å². The van der Waals surface area contributed by atoms with Crippen LogP contribution >= 0.6 is 24.0 Å². The number of furan rings is 1. The summed E-state index contributed by atoms with van der Waals surface area (Å²) in [7, 11) is 0. The smallest absolute Gasteiger partial charge is 0.289 e. The minimum atomic E-state index is -0.0403. The molecular weight excluding hydrogens is 479 g/mol. The fourth-order valence-corrected chi connectivity index (χ4v) is 3.51. The van der Waals surface area contributed by atoms with E-state index in [1.54, 1.807) is 12.1 Å². The third kappa shape index (κ3) is 6.22. The summed E-state index contributed by atoms with van der Waals surface area (Å²) in [6, 6.07) is 10.0. The average Bonchev–Trinajstić information content (AvgIpc) is 3.23. The van der Waals surface area contributed by atoms with Crippen molar-refractivity contribution in [3.63, 3.8) is 0 Å². The van der Waals surface area contributed by atoms with Crippen molar-refractivity contribution in [3.05, 3.63) is 59.0 Å². The van der Waals surface area contributed by atoms with Gasteiger partial charge in [-0.1, -0.05) is 23.8 Å². The molecule has 1 amide bonds. The van der Waals surface area contributed by atoms with Gasteiger partial charge in [0.1, 0.15) is 0 Å². The molecule has 158 valence electrons. The first-order valence-electron chi connectivity index (χ1n) is 10.0. The van der Waals surface area contributed by atoms with Crippen LogP contribution in [0.15, 0.2) is 46.0 Å². The zero-order chi connectivity index (χ0) is 19.9. The van der Waals surface area contributed by atoms with E-state index in [2.05, 4.69) is 49.2 Å². The van der Waals surface area contributed by atoms with Crippen molar-refractivity contribution >= 4 is 35.8 Å². The second kappa shape index (κ2) is 11.2. The third-order valence-corrected chi connectivity index (χ3v) is 5.07. The van der Waals surface area contributed by atoms with Crippen LogP contribution in [0.25, 0.3) is 0 Å². The van der Waals surface area contributed by atoms with Gasteiger partial charge in [0, 0.05) is 39.3 Å². The zero-order valence-corrected chi connectivity index (χ0v) is 19.8. The monoisotopic (exact) mass is 510 g/mol. The molecule has 0 unspecified atom stereocenters. The number of aliphatic imine (C=N–C) groups is 1. The normalized spacial score (nSPS) is 14.5. The predicted molar refractivity (Wildman–Crippen MR) is 127 cm³/mol. The molecule has 0 atom stereocenters. The molecule has 1 aromatic carbocycles. The SMILES string of the molecule is CCNC(=NCCc1ccc(C)cc1C)N1CCN(C(=O)c2ccco2)CC1.I. The standard InChI is InChI=1S/C22H30N4O2.HI/c1-4-23-22(24-10-9-19-8-7-17(2)16-18(19)3)26-13-11-25(12-14-26)21(27)20-6-5-15-28-20;/h5-8,15-16H,4,9-14H2,1-3H3,(H,23,24);1H. The van der Waals surface area contributed by atoms with Gasteiger partial charge in [-0.25, -0.2) is 0 Å². The first kappa shape index (κ1) is 23.3. The Balaban J connectivity index is 0.00000300. The van der Waals surface area contributed by atoms with Crippen LogP contribution in [0.4, 0.5) is 0 Å². The van der Waals surface area contributed by atoms with Crippen molar-refractivity contribution in [2.45, 2.75) is 27.2 Å². The summed E-state index contributed by atoms with van der Waals surface area (Å²) in [5.41, 5.74) is 3.96. The molecule has 3 rings (SSSR count). The van der Waals surface area contributed by atoms with Crippen LogP contribution in [0.5, 0.6) is 0 Å². The lowest BCUT2D eigenvalue weighted by Crippen LogP contribution is -2.53. The molecule has 2 aromatic rings. The molecule has 1 N–H and O–H groups in total. The maximum atomic E-state index is 12.4. The molecule has 0 saturated carbocycles. The van der Waals surface area contributed by atoms with Crippen LogP contribution in [0, 0.1) is 13.8 Å². The van der Waals surface area contributed by atoms with Gasteiger partial charge in [0.25, 0.3) is 5.91 Å². The highest BCUT2D eigenvalue weighted by Gasteiger charge is 2.25. The highest BCUT2D eigenvalue weighted by Crippen LogP contribution is 2.12. The van der Waals surface area contributed by atoms with E-state index < -0.39 is 0 Å². The van der Waals surface area contributed by atoms with Crippen LogP contribution in [0.2, 0.25) is 0 Å². The average molecular weight is 510 g/mol. The minimum absolute atomic E-state index is 0. The number of hydrogen-bond acceptors (Lipinski definition) is 3. The van der Waals surface area contributed by atoms with Gasteiger partial charge in [0.15, 0.2) is 11.7 Å². The van der Waals surface area contributed by atoms with Gasteiger partial charge in [-0.3, -0.25) is 9.79 Å². The summed E-state index contributed by atoms with van der Waals surface area (Å²) < 4.78 is 5.23. The molecule has 6 nitrogen and oxygen atoms in total. The van der Waals surface area contributed by atoms with E-state index in [0.29, 0.717) is 18.8 Å². The van der Waals surface area contributed by atoms with E-state index >= 15 is 0 Å². The van der Waals surface area contributed by atoms with Crippen LogP contribution in [-0.2, 0) is 6.42 Å². The maximum absolute atomic E-state index is 12.4. The molecule has 1 aromatic heterocycles. The summed E-state index contributed by atoms with van der Waals surface area (Å²) in [5, 5.41) is 3.39. The number of hydrogen-bond donors (Lipinski definition) is 1. The molecule has 29 heavy (non-hydrogen) atoms. The number of halogens is 1. The number of nitrogens with zero attached hydrogens (tertiary/aromatic N) is 3. The number of rotatable bonds is 5. The molecule has 0 bridgehead atoms. The quantitative estimate of drug-likeness (QED) is 0.380. The van der Waals surface area contributed by atoms with Gasteiger partial charge in [-0.2, -0.15) is 0 Å². The number of nitrogens with one attached hydrogen (secondary N) is 1. The first-order valence-corrected chi connectivity index (χ1v) is 10.0. The Hall–Kier alpha value is -2.03. The number of carbonyl (C=O) groups is 1. The fourth-order valence-electron chi connectivity index (χ4n) is 3.51. The van der Waals surface area contributed by atoms with E-state index in [4.69, 9.17) is 9.41 Å². The number of carbonyl (C=O) groups excluding carboxylic acids is 1. The lowest BCUT2D eigenvalue weighted by Gasteiger charge is -2.36. The second-order valence-corrected chi connectivity index (χ2v) is 7.17. The van der Waals surface area contributed by atoms with E-state index in [1.807, 2.05) is 4.90 Å². The third-order valence-electron chi connectivity index (χ3n) is 5.07. The minimum Gasteiger partial charge on any atom is -0.459 e. The molecule has 0 spiro atoms. The van der Waals surface area contributed by atoms with Crippen LogP contribution < -0.4 is 5.32 Å². The Kier molecular flexibility index (Phi) is 9.00. The van der Waals surface area contributed by atoms with Crippen molar-refractivity contribution < 1.29 is 9.21 Å². The fraction of sp³-hybridized carbons (Fsp3) is 0.455. The Bertz CT molecular complexity index is 812. The predicted octanol–water partition coefficient (Wildman–Crippen LogP) is 3.48. The summed E-state index contributed by atoms with van der Waals surface area (Å²) in [6.07, 6.45) is 2.47. The van der Waals surface area contributed by atoms with Gasteiger partial charge in [0.05, 0.1) is 6.26 Å². The lowest BCUT2D eigenvalue weighted by atomic mass is 10.0. The van der Waals surface area contributed by atoms with Gasteiger partial charge in [0.2, 0.25) is 0 Å². The summed E-state index contributed by atoms with van der Waals surface area (Å²) in [5.74, 6) is 1.29. The molecule has 1 aliphatic heterocycles. The molecule has 1 aliphatic rings. The maximum Gasteiger partial charge on any atom is 0.289 e. The van der Waals surface area contributed by atoms with Crippen molar-refractivity contribution in [2.75, 3.05) is 39.3 Å². The molecule has 1 saturated heterocycles. The highest BCUT2D eigenvalue weighted by atomic mass is 127. The van der Waals surface area contributed by atoms with E-state index in [9.17, 15) is 4.79 Å². The second-order valence-electron chi connectivity index (χ2n) is 7.17. The van der Waals surface area contributed by atoms with Gasteiger partial charge >= 0.3 is 0 Å². The topological polar surface area (TPSA) is 61.1 Å². The Morgan fingerprint density at radius 3 is 2.48 bits per heavy atom. The van der Waals surface area contributed by atoms with E-state index in [0.717, 1.165) is 38.6 Å². The molecule has 1 fully saturated rings. The summed E-state index contributed by atoms with van der Waals surface area (Å²) in [4.78, 5) is 21.3. The van der Waals surface area contributed by atoms with Gasteiger partial charge in [-0.15, -0.1) is 24.0 Å². The molecule has 2 heterocycles. The van der Waals surface area contributed by atoms with Crippen LogP contribution in [0.3, 0.4) is 0 Å². The van der Waals surface area contributed by atoms with Crippen molar-refractivity contribution in [1.82, 2.24) is 15.1 Å². The number of amides is 1.